The van der Waals surface area contributed by atoms with Gasteiger partial charge in [-0.2, -0.15) is 0 Å². The molecule has 0 saturated carbocycles. The highest BCUT2D eigenvalue weighted by atomic mass is 16.5. The van der Waals surface area contributed by atoms with E-state index in [2.05, 4.69) is 10.6 Å². The third kappa shape index (κ3) is 5.94. The van der Waals surface area contributed by atoms with E-state index < -0.39 is 0 Å². The minimum atomic E-state index is -0.376. The molecule has 3 amide bonds. The number of rotatable bonds is 8. The van der Waals surface area contributed by atoms with Gasteiger partial charge in [0.05, 0.1) is 12.0 Å². The molecule has 180 valence electrons. The minimum Gasteiger partial charge on any atom is -0.484 e. The monoisotopic (exact) mass is 465 g/mol. The first-order valence-electron chi connectivity index (χ1n) is 11.7. The zero-order valence-electron chi connectivity index (χ0n) is 19.6. The number of nitrogens with zero attached hydrogens (tertiary/aromatic N) is 1. The summed E-state index contributed by atoms with van der Waals surface area (Å²) in [5, 5.41) is 5.78. The highest BCUT2D eigenvalue weighted by Gasteiger charge is 2.35. The van der Waals surface area contributed by atoms with E-state index in [0.29, 0.717) is 24.5 Å². The Morgan fingerprint density at radius 2 is 1.94 bits per heavy atom. The van der Waals surface area contributed by atoms with E-state index in [1.807, 2.05) is 32.0 Å². The molecule has 2 aromatic carbocycles. The van der Waals surface area contributed by atoms with E-state index >= 15 is 0 Å². The topological polar surface area (TPSA) is 97.0 Å². The van der Waals surface area contributed by atoms with E-state index in [9.17, 15) is 14.4 Å². The van der Waals surface area contributed by atoms with Crippen LogP contribution >= 0.6 is 0 Å². The molecule has 2 heterocycles. The molecule has 2 N–H and O–H groups in total. The second kappa shape index (κ2) is 10.7. The Morgan fingerprint density at radius 3 is 2.68 bits per heavy atom. The molecule has 0 spiro atoms. The predicted molar refractivity (Wildman–Crippen MR) is 129 cm³/mol. The molecule has 0 aliphatic carbocycles. The number of benzene rings is 2. The summed E-state index contributed by atoms with van der Waals surface area (Å²) in [7, 11) is 0. The van der Waals surface area contributed by atoms with Crippen molar-refractivity contribution in [3.8, 4) is 5.75 Å². The number of carbonyl (C=O) groups is 3. The van der Waals surface area contributed by atoms with Crippen molar-refractivity contribution in [3.63, 3.8) is 0 Å². The molecule has 8 heteroatoms. The molecule has 2 aliphatic rings. The van der Waals surface area contributed by atoms with E-state index in [4.69, 9.17) is 9.47 Å². The van der Waals surface area contributed by atoms with Crippen LogP contribution in [0, 0.1) is 19.8 Å². The Hall–Kier alpha value is -3.39. The van der Waals surface area contributed by atoms with Gasteiger partial charge < -0.3 is 25.0 Å². The minimum absolute atomic E-state index is 0.0765. The Bertz CT molecular complexity index is 1050. The Balaban J connectivity index is 1.26. The lowest BCUT2D eigenvalue weighted by molar-refractivity contribution is -0.126. The van der Waals surface area contributed by atoms with Gasteiger partial charge in [0.15, 0.2) is 6.61 Å². The average Bonchev–Trinajstić information content (AvgIpc) is 3.49. The molecule has 0 radical (unpaired) electrons. The van der Waals surface area contributed by atoms with Crippen molar-refractivity contribution in [1.29, 1.82) is 0 Å². The Morgan fingerprint density at radius 1 is 1.15 bits per heavy atom. The van der Waals surface area contributed by atoms with E-state index in [0.717, 1.165) is 36.3 Å². The van der Waals surface area contributed by atoms with Crippen LogP contribution in [0.2, 0.25) is 0 Å². The molecule has 2 aromatic rings. The molecule has 0 unspecified atom stereocenters. The van der Waals surface area contributed by atoms with Crippen LogP contribution in [0.1, 0.15) is 30.4 Å². The van der Waals surface area contributed by atoms with Crippen molar-refractivity contribution >= 4 is 29.1 Å². The van der Waals surface area contributed by atoms with Gasteiger partial charge >= 0.3 is 0 Å². The standard InChI is InChI=1S/C26H31N3O5/c1-17-5-6-18(2)23(12-17)28-24(30)16-34-21-9-7-20(8-10-21)29-15-19(13-25(29)31)26(32)27-14-22-4-3-11-33-22/h5-10,12,19,22H,3-4,11,13-16H2,1-2H3,(H,27,32)(H,28,30)/t19-,22-/m0/s1. The zero-order valence-corrected chi connectivity index (χ0v) is 19.6. The number of aryl methyl sites for hydroxylation is 2. The van der Waals surface area contributed by atoms with E-state index in [-0.39, 0.29) is 42.8 Å². The first-order valence-corrected chi connectivity index (χ1v) is 11.7. The number of anilines is 2. The summed E-state index contributed by atoms with van der Waals surface area (Å²) in [6, 6.07) is 12.9. The third-order valence-corrected chi connectivity index (χ3v) is 6.21. The zero-order chi connectivity index (χ0) is 24.1. The van der Waals surface area contributed by atoms with E-state index in [1.54, 1.807) is 29.2 Å². The van der Waals surface area contributed by atoms with Crippen molar-refractivity contribution in [2.75, 3.05) is 36.5 Å². The van der Waals surface area contributed by atoms with Crippen molar-refractivity contribution in [1.82, 2.24) is 5.32 Å². The number of hydrogen-bond donors (Lipinski definition) is 2. The molecule has 8 nitrogen and oxygen atoms in total. The molecular weight excluding hydrogens is 434 g/mol. The summed E-state index contributed by atoms with van der Waals surface area (Å²) in [6.45, 7) is 5.36. The SMILES string of the molecule is Cc1ccc(C)c(NC(=O)COc2ccc(N3C[C@@H](C(=O)NC[C@@H]4CCCO4)CC3=O)cc2)c1. The van der Waals surface area contributed by atoms with Crippen molar-refractivity contribution in [3.05, 3.63) is 53.6 Å². The number of ether oxygens (including phenoxy) is 2. The van der Waals surface area contributed by atoms with Gasteiger partial charge in [0, 0.05) is 37.5 Å². The molecule has 2 fully saturated rings. The summed E-state index contributed by atoms with van der Waals surface area (Å²) in [4.78, 5) is 38.9. The Labute approximate surface area is 199 Å². The summed E-state index contributed by atoms with van der Waals surface area (Å²) in [5.41, 5.74) is 3.52. The summed E-state index contributed by atoms with van der Waals surface area (Å²) in [5.74, 6) is -0.291. The second-order valence-corrected chi connectivity index (χ2v) is 8.93. The molecule has 0 bridgehead atoms. The van der Waals surface area contributed by atoms with Gasteiger partial charge in [0.25, 0.3) is 5.91 Å². The molecule has 2 atom stereocenters. The second-order valence-electron chi connectivity index (χ2n) is 8.93. The number of hydrogen-bond acceptors (Lipinski definition) is 5. The van der Waals surface area contributed by atoms with Gasteiger partial charge in [-0.3, -0.25) is 14.4 Å². The van der Waals surface area contributed by atoms with Crippen molar-refractivity contribution in [2.24, 2.45) is 5.92 Å². The van der Waals surface area contributed by atoms with Crippen molar-refractivity contribution < 1.29 is 23.9 Å². The van der Waals surface area contributed by atoms with Crippen LogP contribution in [-0.2, 0) is 19.1 Å². The summed E-state index contributed by atoms with van der Waals surface area (Å²) in [6.07, 6.45) is 2.24. The number of carbonyl (C=O) groups excluding carboxylic acids is 3. The lowest BCUT2D eigenvalue weighted by Gasteiger charge is -2.18. The summed E-state index contributed by atoms with van der Waals surface area (Å²) < 4.78 is 11.1. The van der Waals surface area contributed by atoms with Crippen LogP contribution in [0.4, 0.5) is 11.4 Å². The number of nitrogens with one attached hydrogen (secondary N) is 2. The van der Waals surface area contributed by atoms with Gasteiger partial charge in [0.1, 0.15) is 5.75 Å². The normalized spacial score (nSPS) is 19.8. The van der Waals surface area contributed by atoms with Crippen LogP contribution in [-0.4, -0.2) is 50.1 Å². The Kier molecular flexibility index (Phi) is 7.47. The molecule has 34 heavy (non-hydrogen) atoms. The lowest BCUT2D eigenvalue weighted by Crippen LogP contribution is -2.37. The molecule has 0 aromatic heterocycles. The van der Waals surface area contributed by atoms with Gasteiger partial charge in [-0.05, 0) is 68.1 Å². The molecule has 4 rings (SSSR count). The molecular formula is C26H31N3O5. The van der Waals surface area contributed by atoms with Gasteiger partial charge in [-0.25, -0.2) is 0 Å². The van der Waals surface area contributed by atoms with E-state index in [1.165, 1.54) is 0 Å². The van der Waals surface area contributed by atoms with Gasteiger partial charge in [0.2, 0.25) is 11.8 Å². The van der Waals surface area contributed by atoms with Crippen LogP contribution in [0.25, 0.3) is 0 Å². The van der Waals surface area contributed by atoms with Crippen molar-refractivity contribution in [2.45, 2.75) is 39.2 Å². The first-order chi connectivity index (χ1) is 16.4. The quantitative estimate of drug-likeness (QED) is 0.625. The van der Waals surface area contributed by atoms with Crippen LogP contribution in [0.15, 0.2) is 42.5 Å². The average molecular weight is 466 g/mol. The molecule has 2 saturated heterocycles. The predicted octanol–water partition coefficient (Wildman–Crippen LogP) is 2.97. The third-order valence-electron chi connectivity index (χ3n) is 6.21. The first kappa shape index (κ1) is 23.8. The van der Waals surface area contributed by atoms with Gasteiger partial charge in [-0.15, -0.1) is 0 Å². The number of amides is 3. The van der Waals surface area contributed by atoms with Crippen LogP contribution < -0.4 is 20.3 Å². The smallest absolute Gasteiger partial charge is 0.262 e. The highest BCUT2D eigenvalue weighted by molar-refractivity contribution is 6.00. The maximum absolute atomic E-state index is 12.5. The largest absolute Gasteiger partial charge is 0.484 e. The molecule has 2 aliphatic heterocycles. The van der Waals surface area contributed by atoms with Crippen LogP contribution in [0.5, 0.6) is 5.75 Å². The fraction of sp³-hybridized carbons (Fsp3) is 0.423. The lowest BCUT2D eigenvalue weighted by atomic mass is 10.1. The summed E-state index contributed by atoms with van der Waals surface area (Å²) >= 11 is 0. The maximum atomic E-state index is 12.5. The fourth-order valence-electron chi connectivity index (χ4n) is 4.22. The van der Waals surface area contributed by atoms with Gasteiger partial charge in [-0.1, -0.05) is 12.1 Å². The van der Waals surface area contributed by atoms with Crippen LogP contribution in [0.3, 0.4) is 0 Å². The maximum Gasteiger partial charge on any atom is 0.262 e. The highest BCUT2D eigenvalue weighted by Crippen LogP contribution is 2.27. The fourth-order valence-corrected chi connectivity index (χ4v) is 4.22.